The van der Waals surface area contributed by atoms with Crippen LogP contribution in [0.2, 0.25) is 5.02 Å². The van der Waals surface area contributed by atoms with Crippen molar-refractivity contribution in [1.82, 2.24) is 9.55 Å². The van der Waals surface area contributed by atoms with Gasteiger partial charge in [-0.15, -0.1) is 0 Å². The highest BCUT2D eigenvalue weighted by molar-refractivity contribution is 6.30. The summed E-state index contributed by atoms with van der Waals surface area (Å²) in [7, 11) is 0. The van der Waals surface area contributed by atoms with E-state index in [0.29, 0.717) is 0 Å². The number of rotatable bonds is 4. The van der Waals surface area contributed by atoms with Gasteiger partial charge < -0.3 is 9.88 Å². The van der Waals surface area contributed by atoms with Crippen LogP contribution in [0.1, 0.15) is 18.9 Å². The van der Waals surface area contributed by atoms with Crippen LogP contribution in [0.25, 0.3) is 0 Å². The Kier molecular flexibility index (Phi) is 3.69. The molecule has 3 nitrogen and oxygen atoms in total. The molecular formula is C13H16ClN3. The quantitative estimate of drug-likeness (QED) is 0.888. The van der Waals surface area contributed by atoms with E-state index in [1.807, 2.05) is 31.3 Å². The van der Waals surface area contributed by atoms with Crippen LogP contribution in [0.15, 0.2) is 30.6 Å². The fourth-order valence-corrected chi connectivity index (χ4v) is 1.88. The third-order valence-electron chi connectivity index (χ3n) is 2.63. The number of benzene rings is 1. The van der Waals surface area contributed by atoms with E-state index in [4.69, 9.17) is 11.6 Å². The molecule has 2 rings (SSSR count). The van der Waals surface area contributed by atoms with Crippen molar-refractivity contribution in [3.8, 4) is 0 Å². The Morgan fingerprint density at radius 1 is 1.41 bits per heavy atom. The second kappa shape index (κ2) is 5.23. The van der Waals surface area contributed by atoms with Gasteiger partial charge in [0.25, 0.3) is 0 Å². The largest absolute Gasteiger partial charge is 0.325 e. The Bertz CT molecular complexity index is 505. The molecule has 0 radical (unpaired) electrons. The normalized spacial score (nSPS) is 10.5. The van der Waals surface area contributed by atoms with Crippen LogP contribution in [0, 0.1) is 6.92 Å². The summed E-state index contributed by atoms with van der Waals surface area (Å²) in [5.74, 6) is 0.859. The molecule has 0 amide bonds. The Labute approximate surface area is 106 Å². The van der Waals surface area contributed by atoms with Crippen LogP contribution >= 0.6 is 11.6 Å². The van der Waals surface area contributed by atoms with E-state index in [9.17, 15) is 0 Å². The zero-order valence-corrected chi connectivity index (χ0v) is 10.8. The Balaban J connectivity index is 2.25. The molecule has 2 aromatic rings. The number of aryl methyl sites for hydroxylation is 2. The molecule has 4 heteroatoms. The predicted molar refractivity (Wildman–Crippen MR) is 72.0 cm³/mol. The lowest BCUT2D eigenvalue weighted by atomic mass is 10.2. The number of nitrogens with one attached hydrogen (secondary N) is 1. The van der Waals surface area contributed by atoms with Gasteiger partial charge in [0.2, 0.25) is 5.95 Å². The molecule has 0 bridgehead atoms. The summed E-state index contributed by atoms with van der Waals surface area (Å²) in [5, 5.41) is 4.04. The van der Waals surface area contributed by atoms with E-state index in [1.165, 1.54) is 0 Å². The molecule has 1 aromatic heterocycles. The van der Waals surface area contributed by atoms with E-state index in [-0.39, 0.29) is 0 Å². The van der Waals surface area contributed by atoms with Gasteiger partial charge in [0, 0.05) is 29.6 Å². The van der Waals surface area contributed by atoms with Crippen molar-refractivity contribution in [1.29, 1.82) is 0 Å². The van der Waals surface area contributed by atoms with Crippen LogP contribution in [-0.4, -0.2) is 9.55 Å². The highest BCUT2D eigenvalue weighted by atomic mass is 35.5. The minimum Gasteiger partial charge on any atom is -0.325 e. The van der Waals surface area contributed by atoms with Gasteiger partial charge in [-0.3, -0.25) is 0 Å². The van der Waals surface area contributed by atoms with Gasteiger partial charge in [0.1, 0.15) is 0 Å². The molecule has 0 aliphatic heterocycles. The van der Waals surface area contributed by atoms with Crippen molar-refractivity contribution in [2.24, 2.45) is 0 Å². The summed E-state index contributed by atoms with van der Waals surface area (Å²) in [5.41, 5.74) is 2.15. The van der Waals surface area contributed by atoms with E-state index in [1.54, 1.807) is 6.20 Å². The lowest BCUT2D eigenvalue weighted by Gasteiger charge is -2.11. The van der Waals surface area contributed by atoms with Crippen molar-refractivity contribution in [2.75, 3.05) is 5.32 Å². The van der Waals surface area contributed by atoms with Gasteiger partial charge in [0.05, 0.1) is 0 Å². The van der Waals surface area contributed by atoms with Crippen molar-refractivity contribution in [2.45, 2.75) is 26.8 Å². The molecule has 1 heterocycles. The number of imidazole rings is 1. The molecule has 0 aliphatic carbocycles. The number of nitrogens with zero attached hydrogens (tertiary/aromatic N) is 2. The SMILES string of the molecule is CCCn1ccnc1Nc1cc(Cl)ccc1C. The molecule has 0 spiro atoms. The second-order valence-electron chi connectivity index (χ2n) is 4.03. The van der Waals surface area contributed by atoms with Gasteiger partial charge in [-0.1, -0.05) is 24.6 Å². The summed E-state index contributed by atoms with van der Waals surface area (Å²) >= 11 is 5.99. The maximum atomic E-state index is 5.99. The maximum Gasteiger partial charge on any atom is 0.207 e. The van der Waals surface area contributed by atoms with E-state index in [0.717, 1.165) is 35.2 Å². The zero-order chi connectivity index (χ0) is 12.3. The monoisotopic (exact) mass is 249 g/mol. The number of hydrogen-bond donors (Lipinski definition) is 1. The maximum absolute atomic E-state index is 5.99. The van der Waals surface area contributed by atoms with Crippen LogP contribution < -0.4 is 5.32 Å². The highest BCUT2D eigenvalue weighted by Crippen LogP contribution is 2.23. The first-order valence-electron chi connectivity index (χ1n) is 5.75. The minimum absolute atomic E-state index is 0.728. The molecule has 0 fully saturated rings. The molecule has 0 aliphatic rings. The first kappa shape index (κ1) is 12.0. The number of halogens is 1. The van der Waals surface area contributed by atoms with Crippen LogP contribution in [0.5, 0.6) is 0 Å². The third-order valence-corrected chi connectivity index (χ3v) is 2.86. The summed E-state index contributed by atoms with van der Waals surface area (Å²) < 4.78 is 2.10. The summed E-state index contributed by atoms with van der Waals surface area (Å²) in [6.45, 7) is 5.15. The first-order valence-corrected chi connectivity index (χ1v) is 6.13. The highest BCUT2D eigenvalue weighted by Gasteiger charge is 2.04. The summed E-state index contributed by atoms with van der Waals surface area (Å²) in [6.07, 6.45) is 4.86. The fourth-order valence-electron chi connectivity index (χ4n) is 1.70. The Hall–Kier alpha value is -1.48. The molecule has 1 N–H and O–H groups in total. The van der Waals surface area contributed by atoms with Gasteiger partial charge in [0.15, 0.2) is 0 Å². The Morgan fingerprint density at radius 3 is 3.00 bits per heavy atom. The standard InChI is InChI=1S/C13H16ClN3/c1-3-7-17-8-6-15-13(17)16-12-9-11(14)5-4-10(12)2/h4-6,8-9H,3,7H2,1-2H3,(H,15,16). The first-order chi connectivity index (χ1) is 8.20. The minimum atomic E-state index is 0.728. The molecule has 0 saturated heterocycles. The Morgan fingerprint density at radius 2 is 2.24 bits per heavy atom. The van der Waals surface area contributed by atoms with Gasteiger partial charge in [-0.25, -0.2) is 4.98 Å². The third kappa shape index (κ3) is 2.80. The summed E-state index contributed by atoms with van der Waals surface area (Å²) in [4.78, 5) is 4.31. The van der Waals surface area contributed by atoms with Crippen molar-refractivity contribution < 1.29 is 0 Å². The van der Waals surface area contributed by atoms with Gasteiger partial charge >= 0.3 is 0 Å². The molecular weight excluding hydrogens is 234 g/mol. The molecule has 0 unspecified atom stereocenters. The number of aromatic nitrogens is 2. The van der Waals surface area contributed by atoms with Crippen LogP contribution in [-0.2, 0) is 6.54 Å². The van der Waals surface area contributed by atoms with Crippen LogP contribution in [0.4, 0.5) is 11.6 Å². The summed E-state index contributed by atoms with van der Waals surface area (Å²) in [6, 6.07) is 5.81. The van der Waals surface area contributed by atoms with Crippen molar-refractivity contribution in [3.05, 3.63) is 41.2 Å². The zero-order valence-electron chi connectivity index (χ0n) is 10.1. The van der Waals surface area contributed by atoms with Gasteiger partial charge in [-0.2, -0.15) is 0 Å². The van der Waals surface area contributed by atoms with Crippen molar-refractivity contribution in [3.63, 3.8) is 0 Å². The second-order valence-corrected chi connectivity index (χ2v) is 4.46. The van der Waals surface area contributed by atoms with Crippen LogP contribution in [0.3, 0.4) is 0 Å². The lowest BCUT2D eigenvalue weighted by Crippen LogP contribution is -2.03. The molecule has 0 saturated carbocycles. The number of hydrogen-bond acceptors (Lipinski definition) is 2. The van der Waals surface area contributed by atoms with E-state index in [2.05, 4.69) is 21.8 Å². The molecule has 90 valence electrons. The average molecular weight is 250 g/mol. The van der Waals surface area contributed by atoms with Crippen molar-refractivity contribution >= 4 is 23.2 Å². The molecule has 17 heavy (non-hydrogen) atoms. The van der Waals surface area contributed by atoms with E-state index >= 15 is 0 Å². The van der Waals surface area contributed by atoms with Gasteiger partial charge in [-0.05, 0) is 31.0 Å². The smallest absolute Gasteiger partial charge is 0.207 e. The van der Waals surface area contributed by atoms with E-state index < -0.39 is 0 Å². The molecule has 0 atom stereocenters. The number of anilines is 2. The molecule has 1 aromatic carbocycles. The topological polar surface area (TPSA) is 29.9 Å². The lowest BCUT2D eigenvalue weighted by molar-refractivity contribution is 0.686. The predicted octanol–water partition coefficient (Wildman–Crippen LogP) is 4.00. The fraction of sp³-hybridized carbons (Fsp3) is 0.308. The average Bonchev–Trinajstić information content (AvgIpc) is 2.72.